The maximum atomic E-state index is 12.7. The number of hydrogen-bond donors (Lipinski definition) is 0. The van der Waals surface area contributed by atoms with E-state index in [0.29, 0.717) is 12.1 Å². The second-order valence-electron chi connectivity index (χ2n) is 6.21. The highest BCUT2D eigenvalue weighted by Crippen LogP contribution is 2.51. The second kappa shape index (κ2) is 3.92. The molecule has 2 heterocycles. The van der Waals surface area contributed by atoms with Crippen LogP contribution >= 0.6 is 0 Å². The number of carbonyl (C=O) groups excluding carboxylic acids is 2. The summed E-state index contributed by atoms with van der Waals surface area (Å²) in [5.41, 5.74) is 1.81. The van der Waals surface area contributed by atoms with Crippen LogP contribution < -0.4 is 4.90 Å². The summed E-state index contributed by atoms with van der Waals surface area (Å²) in [6, 6.07) is 7.57. The van der Waals surface area contributed by atoms with E-state index in [4.69, 9.17) is 4.74 Å². The van der Waals surface area contributed by atoms with Gasteiger partial charge in [0.1, 0.15) is 0 Å². The van der Waals surface area contributed by atoms with Crippen LogP contribution in [0, 0.1) is 24.7 Å². The van der Waals surface area contributed by atoms with Crippen LogP contribution in [0.25, 0.3) is 0 Å². The molecule has 1 aliphatic carbocycles. The summed E-state index contributed by atoms with van der Waals surface area (Å²) in [4.78, 5) is 26.6. The minimum atomic E-state index is -0.201. The van der Waals surface area contributed by atoms with E-state index in [1.54, 1.807) is 0 Å². The van der Waals surface area contributed by atoms with E-state index in [-0.39, 0.29) is 41.8 Å². The van der Waals surface area contributed by atoms with Gasteiger partial charge in [-0.3, -0.25) is 14.5 Å². The van der Waals surface area contributed by atoms with Crippen molar-refractivity contribution in [2.75, 3.05) is 4.90 Å². The lowest BCUT2D eigenvalue weighted by molar-refractivity contribution is -0.123. The van der Waals surface area contributed by atoms with Crippen LogP contribution in [0.2, 0.25) is 0 Å². The SMILES string of the molecule is Cc1ccc(N2C(=O)C3CC4OC4C(C)C3C2=O)cc1. The monoisotopic (exact) mass is 271 g/mol. The Morgan fingerprint density at radius 2 is 1.85 bits per heavy atom. The molecular formula is C16H17NO3. The molecule has 3 fully saturated rings. The second-order valence-corrected chi connectivity index (χ2v) is 6.21. The normalized spacial score (nSPS) is 38.7. The molecule has 0 radical (unpaired) electrons. The predicted molar refractivity (Wildman–Crippen MR) is 73.1 cm³/mol. The van der Waals surface area contributed by atoms with E-state index < -0.39 is 0 Å². The van der Waals surface area contributed by atoms with Gasteiger partial charge in [-0.05, 0) is 31.4 Å². The van der Waals surface area contributed by atoms with Crippen LogP contribution in [-0.2, 0) is 14.3 Å². The topological polar surface area (TPSA) is 49.9 Å². The van der Waals surface area contributed by atoms with Crippen molar-refractivity contribution in [3.8, 4) is 0 Å². The van der Waals surface area contributed by atoms with Crippen molar-refractivity contribution in [3.05, 3.63) is 29.8 Å². The molecule has 2 saturated heterocycles. The number of nitrogens with zero attached hydrogens (tertiary/aromatic N) is 1. The number of aryl methyl sites for hydroxylation is 1. The van der Waals surface area contributed by atoms with Crippen LogP contribution in [0.15, 0.2) is 24.3 Å². The van der Waals surface area contributed by atoms with Gasteiger partial charge in [-0.2, -0.15) is 0 Å². The van der Waals surface area contributed by atoms with Gasteiger partial charge in [-0.25, -0.2) is 0 Å². The Morgan fingerprint density at radius 1 is 1.15 bits per heavy atom. The van der Waals surface area contributed by atoms with Gasteiger partial charge < -0.3 is 4.74 Å². The van der Waals surface area contributed by atoms with Gasteiger partial charge in [0.15, 0.2) is 0 Å². The average Bonchev–Trinajstić information content (AvgIpc) is 3.15. The number of imide groups is 1. The van der Waals surface area contributed by atoms with Crippen molar-refractivity contribution >= 4 is 17.5 Å². The summed E-state index contributed by atoms with van der Waals surface area (Å²) in [6.45, 7) is 4.02. The van der Waals surface area contributed by atoms with Crippen molar-refractivity contribution in [1.29, 1.82) is 0 Å². The van der Waals surface area contributed by atoms with Crippen molar-refractivity contribution in [1.82, 2.24) is 0 Å². The zero-order chi connectivity index (χ0) is 14.0. The lowest BCUT2D eigenvalue weighted by Crippen LogP contribution is -2.34. The van der Waals surface area contributed by atoms with Gasteiger partial charge >= 0.3 is 0 Å². The molecule has 20 heavy (non-hydrogen) atoms. The van der Waals surface area contributed by atoms with Gasteiger partial charge in [-0.15, -0.1) is 0 Å². The zero-order valence-corrected chi connectivity index (χ0v) is 11.6. The standard InChI is InChI=1S/C16H17NO3/c1-8-3-5-10(6-4-8)17-15(18)11-7-12-14(20-12)9(2)13(11)16(17)19/h3-6,9,11-14H,7H2,1-2H3. The molecule has 2 aliphatic heterocycles. The summed E-state index contributed by atoms with van der Waals surface area (Å²) >= 11 is 0. The maximum Gasteiger partial charge on any atom is 0.238 e. The fourth-order valence-electron chi connectivity index (χ4n) is 3.80. The molecule has 0 spiro atoms. The van der Waals surface area contributed by atoms with Crippen molar-refractivity contribution < 1.29 is 14.3 Å². The molecule has 1 saturated carbocycles. The lowest BCUT2D eigenvalue weighted by Gasteiger charge is -2.23. The van der Waals surface area contributed by atoms with E-state index in [9.17, 15) is 9.59 Å². The van der Waals surface area contributed by atoms with Crippen LogP contribution in [0.5, 0.6) is 0 Å². The molecule has 0 N–H and O–H groups in total. The number of fused-ring (bicyclic) bond motifs is 2. The summed E-state index contributed by atoms with van der Waals surface area (Å²) < 4.78 is 5.56. The van der Waals surface area contributed by atoms with Gasteiger partial charge in [0, 0.05) is 0 Å². The summed E-state index contributed by atoms with van der Waals surface area (Å²) in [7, 11) is 0. The predicted octanol–water partition coefficient (Wildman–Crippen LogP) is 1.91. The van der Waals surface area contributed by atoms with Crippen LogP contribution in [0.1, 0.15) is 18.9 Å². The van der Waals surface area contributed by atoms with Gasteiger partial charge in [0.05, 0.1) is 29.7 Å². The number of rotatable bonds is 1. The number of hydrogen-bond acceptors (Lipinski definition) is 3. The van der Waals surface area contributed by atoms with E-state index in [0.717, 1.165) is 5.56 Å². The summed E-state index contributed by atoms with van der Waals surface area (Å²) in [6.07, 6.45) is 1.08. The molecule has 4 heteroatoms. The lowest BCUT2D eigenvalue weighted by atomic mass is 9.74. The van der Waals surface area contributed by atoms with Crippen LogP contribution in [0.4, 0.5) is 5.69 Å². The molecule has 4 nitrogen and oxygen atoms in total. The number of ether oxygens (including phenoxy) is 1. The third kappa shape index (κ3) is 1.51. The number of benzene rings is 1. The van der Waals surface area contributed by atoms with Crippen LogP contribution in [0.3, 0.4) is 0 Å². The minimum absolute atomic E-state index is 0.0506. The molecule has 3 aliphatic rings. The number of anilines is 1. The van der Waals surface area contributed by atoms with Crippen molar-refractivity contribution in [2.45, 2.75) is 32.5 Å². The fraction of sp³-hybridized carbons (Fsp3) is 0.500. The Kier molecular flexibility index (Phi) is 2.37. The van der Waals surface area contributed by atoms with Gasteiger partial charge in [0.2, 0.25) is 11.8 Å². The first-order chi connectivity index (χ1) is 9.58. The average molecular weight is 271 g/mol. The Labute approximate surface area is 117 Å². The smallest absolute Gasteiger partial charge is 0.238 e. The first-order valence-corrected chi connectivity index (χ1v) is 7.18. The molecule has 0 bridgehead atoms. The summed E-state index contributed by atoms with van der Waals surface area (Å²) in [5, 5.41) is 0. The quantitative estimate of drug-likeness (QED) is 0.579. The highest BCUT2D eigenvalue weighted by Gasteiger charge is 2.62. The molecule has 0 aromatic heterocycles. The number of amides is 2. The molecular weight excluding hydrogens is 254 g/mol. The van der Waals surface area contributed by atoms with Crippen molar-refractivity contribution in [3.63, 3.8) is 0 Å². The van der Waals surface area contributed by atoms with Crippen molar-refractivity contribution in [2.24, 2.45) is 17.8 Å². The third-order valence-corrected chi connectivity index (χ3v) is 4.96. The Hall–Kier alpha value is -1.68. The number of carbonyl (C=O) groups is 2. The molecule has 5 unspecified atom stereocenters. The Balaban J connectivity index is 1.70. The molecule has 4 rings (SSSR count). The largest absolute Gasteiger partial charge is 0.369 e. The molecule has 104 valence electrons. The number of epoxide rings is 1. The van der Waals surface area contributed by atoms with E-state index >= 15 is 0 Å². The highest BCUT2D eigenvalue weighted by molar-refractivity contribution is 6.22. The Bertz CT molecular complexity index is 594. The molecule has 1 aromatic rings. The molecule has 5 atom stereocenters. The van der Waals surface area contributed by atoms with E-state index in [1.807, 2.05) is 38.1 Å². The van der Waals surface area contributed by atoms with E-state index in [2.05, 4.69) is 0 Å². The minimum Gasteiger partial charge on any atom is -0.369 e. The maximum absolute atomic E-state index is 12.7. The van der Waals surface area contributed by atoms with Gasteiger partial charge in [0.25, 0.3) is 0 Å². The van der Waals surface area contributed by atoms with Gasteiger partial charge in [-0.1, -0.05) is 24.6 Å². The first kappa shape index (κ1) is 12.1. The molecule has 1 aromatic carbocycles. The third-order valence-electron chi connectivity index (χ3n) is 4.96. The fourth-order valence-corrected chi connectivity index (χ4v) is 3.80. The van der Waals surface area contributed by atoms with Crippen LogP contribution in [-0.4, -0.2) is 24.0 Å². The molecule has 2 amide bonds. The highest BCUT2D eigenvalue weighted by atomic mass is 16.6. The Morgan fingerprint density at radius 3 is 2.55 bits per heavy atom. The van der Waals surface area contributed by atoms with E-state index in [1.165, 1.54) is 4.90 Å². The zero-order valence-electron chi connectivity index (χ0n) is 11.6. The first-order valence-electron chi connectivity index (χ1n) is 7.18. The summed E-state index contributed by atoms with van der Waals surface area (Å²) in [5.74, 6) is -0.351.